The van der Waals surface area contributed by atoms with Crippen LogP contribution in [0.5, 0.6) is 0 Å². The minimum atomic E-state index is -0.559. The third kappa shape index (κ3) is 5.62. The van der Waals surface area contributed by atoms with Crippen LogP contribution in [0.3, 0.4) is 0 Å². The number of ketones is 1. The van der Waals surface area contributed by atoms with Gasteiger partial charge in [-0.05, 0) is 147 Å². The lowest BCUT2D eigenvalue weighted by Gasteiger charge is -2.73. The molecule has 5 fully saturated rings. The SMILES string of the molecule is C=C(C)[C@@H]1CCC2(CCCNC(C)=O)CC[C@]3(C)C(CC[C@@H]4C5(C)CCC(CC(=O)CC(C)(C)C=O)C(C)(C)[C@@H]5CCC43C)[C@@H]12. The predicted octanol–water partition coefficient (Wildman–Crippen LogP) is 9.75. The molecule has 0 radical (unpaired) electrons. The summed E-state index contributed by atoms with van der Waals surface area (Å²) >= 11 is 0. The van der Waals surface area contributed by atoms with Crippen molar-refractivity contribution < 1.29 is 14.4 Å². The molecule has 0 aromatic carbocycles. The lowest BCUT2D eigenvalue weighted by molar-refractivity contribution is -0.243. The molecule has 0 bridgehead atoms. The molecule has 10 atom stereocenters. The molecule has 5 saturated carbocycles. The van der Waals surface area contributed by atoms with Crippen molar-refractivity contribution in [3.8, 4) is 0 Å². The average molecular weight is 622 g/mol. The first-order chi connectivity index (χ1) is 20.9. The number of hydrogen-bond acceptors (Lipinski definition) is 3. The Bertz CT molecular complexity index is 1190. The first-order valence-corrected chi connectivity index (χ1v) is 18.7. The number of amides is 1. The van der Waals surface area contributed by atoms with E-state index in [1.54, 1.807) is 6.92 Å². The van der Waals surface area contributed by atoms with E-state index in [0.717, 1.165) is 43.4 Å². The fraction of sp³-hybridized carbons (Fsp3) is 0.878. The van der Waals surface area contributed by atoms with E-state index in [2.05, 4.69) is 53.4 Å². The van der Waals surface area contributed by atoms with E-state index in [-0.39, 0.29) is 17.1 Å². The quantitative estimate of drug-likeness (QED) is 0.150. The summed E-state index contributed by atoms with van der Waals surface area (Å²) in [6.45, 7) is 26.2. The minimum absolute atomic E-state index is 0.0903. The van der Waals surface area contributed by atoms with Crippen LogP contribution in [0.1, 0.15) is 152 Å². The Balaban J connectivity index is 1.39. The van der Waals surface area contributed by atoms with E-state index < -0.39 is 5.41 Å². The number of allylic oxidation sites excluding steroid dienone is 1. The fourth-order valence-corrected chi connectivity index (χ4v) is 13.8. The molecule has 5 unspecified atom stereocenters. The number of aldehydes is 1. The molecule has 0 aromatic heterocycles. The summed E-state index contributed by atoms with van der Waals surface area (Å²) in [6.07, 6.45) is 17.3. The Morgan fingerprint density at radius 2 is 1.58 bits per heavy atom. The van der Waals surface area contributed by atoms with Gasteiger partial charge in [0.2, 0.25) is 5.91 Å². The third-order valence-electron chi connectivity index (χ3n) is 16.2. The first kappa shape index (κ1) is 34.9. The van der Waals surface area contributed by atoms with Crippen molar-refractivity contribution >= 4 is 18.0 Å². The highest BCUT2D eigenvalue weighted by Gasteiger charge is 2.70. The maximum absolute atomic E-state index is 13.2. The first-order valence-electron chi connectivity index (χ1n) is 18.7. The molecule has 5 rings (SSSR count). The smallest absolute Gasteiger partial charge is 0.216 e. The fourth-order valence-electron chi connectivity index (χ4n) is 13.8. The minimum Gasteiger partial charge on any atom is -0.356 e. The molecule has 0 spiro atoms. The van der Waals surface area contributed by atoms with Gasteiger partial charge in [-0.1, -0.05) is 60.6 Å². The zero-order chi connectivity index (χ0) is 33.2. The molecule has 0 heterocycles. The Morgan fingerprint density at radius 1 is 0.867 bits per heavy atom. The van der Waals surface area contributed by atoms with Crippen LogP contribution in [0.15, 0.2) is 12.2 Å². The molecule has 0 aliphatic heterocycles. The number of carbonyl (C=O) groups is 3. The maximum Gasteiger partial charge on any atom is 0.216 e. The monoisotopic (exact) mass is 622 g/mol. The molecule has 4 nitrogen and oxygen atoms in total. The van der Waals surface area contributed by atoms with Crippen LogP contribution in [0.25, 0.3) is 0 Å². The van der Waals surface area contributed by atoms with Gasteiger partial charge in [0.05, 0.1) is 0 Å². The molecule has 45 heavy (non-hydrogen) atoms. The molecule has 1 amide bonds. The summed E-state index contributed by atoms with van der Waals surface area (Å²) in [7, 11) is 0. The van der Waals surface area contributed by atoms with Crippen LogP contribution in [0, 0.1) is 68.0 Å². The second kappa shape index (κ2) is 11.9. The number of rotatable bonds is 10. The highest BCUT2D eigenvalue weighted by atomic mass is 16.1. The van der Waals surface area contributed by atoms with E-state index in [9.17, 15) is 14.4 Å². The van der Waals surface area contributed by atoms with Gasteiger partial charge in [0, 0.05) is 31.7 Å². The second-order valence-corrected chi connectivity index (χ2v) is 19.2. The van der Waals surface area contributed by atoms with E-state index in [4.69, 9.17) is 0 Å². The Kier molecular flexibility index (Phi) is 9.23. The van der Waals surface area contributed by atoms with Gasteiger partial charge in [0.1, 0.15) is 12.1 Å². The normalized spacial score (nSPS) is 43.7. The van der Waals surface area contributed by atoms with Gasteiger partial charge in [-0.15, -0.1) is 0 Å². The van der Waals surface area contributed by atoms with E-state index in [1.165, 1.54) is 69.8 Å². The van der Waals surface area contributed by atoms with Crippen molar-refractivity contribution in [3.63, 3.8) is 0 Å². The summed E-state index contributed by atoms with van der Waals surface area (Å²) in [5.41, 5.74) is 2.35. The molecular formula is C41H67NO3. The Hall–Kier alpha value is -1.45. The van der Waals surface area contributed by atoms with Gasteiger partial charge < -0.3 is 10.1 Å². The molecule has 254 valence electrons. The van der Waals surface area contributed by atoms with Crippen LogP contribution in [-0.2, 0) is 14.4 Å². The standard InChI is InChI=1S/C41H67NO3/c1-27(2)31-15-20-41(17-11-23-42-28(3)44)22-21-39(9)32(35(31)41)12-13-34-38(8)18-14-29(24-30(45)25-36(4,5)26-43)37(6,7)33(38)16-19-40(34,39)10/h26,29,31-35H,1,11-25H2,2-10H3,(H,42,44)/t29?,31-,32?,33-,34+,35+,38?,39+,40?,41?/m0/s1. The van der Waals surface area contributed by atoms with Crippen molar-refractivity contribution in [1.29, 1.82) is 0 Å². The number of hydrogen-bond donors (Lipinski definition) is 1. The van der Waals surface area contributed by atoms with Gasteiger partial charge >= 0.3 is 0 Å². The zero-order valence-corrected chi connectivity index (χ0v) is 30.6. The van der Waals surface area contributed by atoms with Crippen molar-refractivity contribution in [1.82, 2.24) is 5.32 Å². The van der Waals surface area contributed by atoms with Crippen LogP contribution < -0.4 is 5.32 Å². The van der Waals surface area contributed by atoms with Crippen LogP contribution in [0.2, 0.25) is 0 Å². The number of fused-ring (bicyclic) bond motifs is 7. The second-order valence-electron chi connectivity index (χ2n) is 19.2. The summed E-state index contributed by atoms with van der Waals surface area (Å²) in [4.78, 5) is 36.4. The van der Waals surface area contributed by atoms with E-state index in [1.807, 2.05) is 13.8 Å². The van der Waals surface area contributed by atoms with Gasteiger partial charge in [0.15, 0.2) is 0 Å². The van der Waals surface area contributed by atoms with Crippen molar-refractivity contribution in [2.75, 3.05) is 6.54 Å². The molecular weight excluding hydrogens is 554 g/mol. The zero-order valence-electron chi connectivity index (χ0n) is 30.6. The predicted molar refractivity (Wildman–Crippen MR) is 184 cm³/mol. The molecule has 0 saturated heterocycles. The topological polar surface area (TPSA) is 63.2 Å². The highest BCUT2D eigenvalue weighted by Crippen LogP contribution is 2.78. The van der Waals surface area contributed by atoms with Crippen molar-refractivity contribution in [2.45, 2.75) is 152 Å². The van der Waals surface area contributed by atoms with Gasteiger partial charge in [-0.3, -0.25) is 9.59 Å². The Labute approximate surface area is 276 Å². The number of nitrogens with one attached hydrogen (secondary N) is 1. The van der Waals surface area contributed by atoms with Gasteiger partial charge in [-0.2, -0.15) is 0 Å². The molecule has 5 aliphatic carbocycles. The Morgan fingerprint density at radius 3 is 2.22 bits per heavy atom. The molecule has 0 aromatic rings. The summed E-state index contributed by atoms with van der Waals surface area (Å²) < 4.78 is 0. The van der Waals surface area contributed by atoms with Crippen LogP contribution in [-0.4, -0.2) is 24.5 Å². The third-order valence-corrected chi connectivity index (χ3v) is 16.2. The van der Waals surface area contributed by atoms with Crippen LogP contribution >= 0.6 is 0 Å². The molecule has 4 heteroatoms. The summed E-state index contributed by atoms with van der Waals surface area (Å²) in [5.74, 6) is 4.25. The van der Waals surface area contributed by atoms with Crippen molar-refractivity contribution in [2.24, 2.45) is 68.0 Å². The molecule has 1 N–H and O–H groups in total. The number of Topliss-reactive ketones (excluding diaryl/α,β-unsaturated/α-hetero) is 1. The summed E-state index contributed by atoms with van der Waals surface area (Å²) in [6, 6.07) is 0. The highest BCUT2D eigenvalue weighted by molar-refractivity contribution is 5.82. The van der Waals surface area contributed by atoms with Gasteiger partial charge in [-0.25, -0.2) is 0 Å². The number of carbonyl (C=O) groups excluding carboxylic acids is 3. The van der Waals surface area contributed by atoms with E-state index in [0.29, 0.717) is 52.3 Å². The van der Waals surface area contributed by atoms with Crippen molar-refractivity contribution in [3.05, 3.63) is 12.2 Å². The lowest BCUT2D eigenvalue weighted by atomic mass is 9.31. The average Bonchev–Trinajstić information content (AvgIpc) is 3.33. The maximum atomic E-state index is 13.2. The van der Waals surface area contributed by atoms with Gasteiger partial charge in [0.25, 0.3) is 0 Å². The molecule has 5 aliphatic rings. The largest absolute Gasteiger partial charge is 0.356 e. The van der Waals surface area contributed by atoms with E-state index >= 15 is 0 Å². The summed E-state index contributed by atoms with van der Waals surface area (Å²) in [5, 5.41) is 3.08. The van der Waals surface area contributed by atoms with Crippen LogP contribution in [0.4, 0.5) is 0 Å². The lowest BCUT2D eigenvalue weighted by Crippen LogP contribution is -2.66.